The minimum absolute atomic E-state index is 0.329. The molecule has 0 amide bonds. The average molecular weight is 165 g/mol. The van der Waals surface area contributed by atoms with Crippen LogP contribution in [0.4, 0.5) is 5.82 Å². The molecule has 64 valence electrons. The quantitative estimate of drug-likeness (QED) is 0.651. The number of nitrogens with two attached hydrogens (primary N) is 1. The van der Waals surface area contributed by atoms with Crippen LogP contribution in [0.15, 0.2) is 12.5 Å². The van der Waals surface area contributed by atoms with Crippen molar-refractivity contribution in [3.8, 4) is 0 Å². The molecule has 2 rings (SSSR count). The van der Waals surface area contributed by atoms with Crippen molar-refractivity contribution in [2.75, 3.05) is 5.73 Å². The van der Waals surface area contributed by atoms with Gasteiger partial charge < -0.3 is 15.1 Å². The average Bonchev–Trinajstić information content (AvgIpc) is 2.35. The van der Waals surface area contributed by atoms with E-state index in [1.165, 1.54) is 0 Å². The van der Waals surface area contributed by atoms with E-state index in [1.807, 2.05) is 4.57 Å². The Balaban J connectivity index is 2.33. The number of nitrogens with zero attached hydrogens (tertiary/aromatic N) is 2. The summed E-state index contributed by atoms with van der Waals surface area (Å²) in [5, 5.41) is 0. The summed E-state index contributed by atoms with van der Waals surface area (Å²) in [5.74, 6) is 0.475. The fraction of sp³-hybridized carbons (Fsp3) is 0.500. The highest BCUT2D eigenvalue weighted by atomic mass is 16.1. The summed E-state index contributed by atoms with van der Waals surface area (Å²) in [6, 6.07) is 0. The Bertz CT molecular complexity index is 301. The summed E-state index contributed by atoms with van der Waals surface area (Å²) in [5.41, 5.74) is 5.13. The highest BCUT2D eigenvalue weighted by Crippen LogP contribution is 2.37. The van der Waals surface area contributed by atoms with Gasteiger partial charge in [-0.05, 0) is 19.3 Å². The molecule has 0 saturated heterocycles. The van der Waals surface area contributed by atoms with Crippen LogP contribution in [0, 0.1) is 0 Å². The molecule has 0 spiro atoms. The minimum Gasteiger partial charge on any atom is -0.382 e. The standard InChI is InChI=1S/C8H11N3O/c9-7-4-11(6-10-7)8(5-12)2-1-3-8/h4-6H,1-3,9H2. The van der Waals surface area contributed by atoms with E-state index in [2.05, 4.69) is 4.98 Å². The predicted octanol–water partition coefficient (Wildman–Crippen LogP) is 0.543. The van der Waals surface area contributed by atoms with Gasteiger partial charge in [-0.15, -0.1) is 0 Å². The van der Waals surface area contributed by atoms with Gasteiger partial charge >= 0.3 is 0 Å². The van der Waals surface area contributed by atoms with Crippen molar-refractivity contribution >= 4 is 12.1 Å². The molecule has 1 aliphatic rings. The SMILES string of the molecule is Nc1cn(C2(C=O)CCC2)cn1. The predicted molar refractivity (Wildman–Crippen MR) is 44.5 cm³/mol. The molecule has 1 heterocycles. The van der Waals surface area contributed by atoms with E-state index >= 15 is 0 Å². The molecular formula is C8H11N3O. The number of carbonyl (C=O) groups is 1. The Morgan fingerprint density at radius 2 is 2.42 bits per heavy atom. The fourth-order valence-corrected chi connectivity index (χ4v) is 1.56. The Morgan fingerprint density at radius 1 is 1.67 bits per heavy atom. The first kappa shape index (κ1) is 7.34. The van der Waals surface area contributed by atoms with Gasteiger partial charge in [0.25, 0.3) is 0 Å². The molecule has 0 aromatic carbocycles. The summed E-state index contributed by atoms with van der Waals surface area (Å²) in [7, 11) is 0. The number of imidazole rings is 1. The molecular weight excluding hydrogens is 154 g/mol. The smallest absolute Gasteiger partial charge is 0.145 e. The largest absolute Gasteiger partial charge is 0.382 e. The molecule has 4 nitrogen and oxygen atoms in total. The van der Waals surface area contributed by atoms with Crippen LogP contribution in [-0.4, -0.2) is 15.8 Å². The Hall–Kier alpha value is -1.32. The molecule has 12 heavy (non-hydrogen) atoms. The van der Waals surface area contributed by atoms with Gasteiger partial charge in [-0.1, -0.05) is 0 Å². The van der Waals surface area contributed by atoms with Crippen LogP contribution in [-0.2, 0) is 10.3 Å². The second kappa shape index (κ2) is 2.33. The molecule has 2 N–H and O–H groups in total. The van der Waals surface area contributed by atoms with Gasteiger partial charge in [0.1, 0.15) is 17.6 Å². The van der Waals surface area contributed by atoms with Gasteiger partial charge in [0.2, 0.25) is 0 Å². The molecule has 0 aliphatic heterocycles. The van der Waals surface area contributed by atoms with Gasteiger partial charge in [0, 0.05) is 6.20 Å². The molecule has 0 bridgehead atoms. The molecule has 1 aliphatic carbocycles. The highest BCUT2D eigenvalue weighted by molar-refractivity contribution is 5.63. The number of hydrogen-bond acceptors (Lipinski definition) is 3. The molecule has 4 heteroatoms. The summed E-state index contributed by atoms with van der Waals surface area (Å²) in [6.07, 6.45) is 7.27. The third-order valence-electron chi connectivity index (χ3n) is 2.56. The molecule has 0 atom stereocenters. The van der Waals surface area contributed by atoms with Crippen LogP contribution in [0.3, 0.4) is 0 Å². The molecule has 0 unspecified atom stereocenters. The summed E-state index contributed by atoms with van der Waals surface area (Å²) in [4.78, 5) is 14.7. The Morgan fingerprint density at radius 3 is 2.75 bits per heavy atom. The van der Waals surface area contributed by atoms with Gasteiger partial charge in [-0.25, -0.2) is 4.98 Å². The van der Waals surface area contributed by atoms with E-state index in [-0.39, 0.29) is 5.54 Å². The normalized spacial score (nSPS) is 20.0. The number of aldehydes is 1. The number of carbonyl (C=O) groups excluding carboxylic acids is 1. The van der Waals surface area contributed by atoms with Gasteiger partial charge in [-0.3, -0.25) is 0 Å². The van der Waals surface area contributed by atoms with E-state index < -0.39 is 0 Å². The van der Waals surface area contributed by atoms with Crippen LogP contribution in [0.1, 0.15) is 19.3 Å². The number of anilines is 1. The lowest BCUT2D eigenvalue weighted by Gasteiger charge is -2.37. The highest BCUT2D eigenvalue weighted by Gasteiger charge is 2.38. The van der Waals surface area contributed by atoms with Crippen molar-refractivity contribution in [3.05, 3.63) is 12.5 Å². The summed E-state index contributed by atoms with van der Waals surface area (Å²) in [6.45, 7) is 0. The molecule has 1 saturated carbocycles. The van der Waals surface area contributed by atoms with Crippen molar-refractivity contribution < 1.29 is 4.79 Å². The second-order valence-corrected chi connectivity index (χ2v) is 3.28. The van der Waals surface area contributed by atoms with Crippen LogP contribution in [0.25, 0.3) is 0 Å². The first-order valence-electron chi connectivity index (χ1n) is 4.03. The number of aromatic nitrogens is 2. The third kappa shape index (κ3) is 0.841. The van der Waals surface area contributed by atoms with E-state index in [0.29, 0.717) is 5.82 Å². The fourth-order valence-electron chi connectivity index (χ4n) is 1.56. The maximum absolute atomic E-state index is 10.8. The van der Waals surface area contributed by atoms with Crippen molar-refractivity contribution in [1.29, 1.82) is 0 Å². The monoisotopic (exact) mass is 165 g/mol. The maximum Gasteiger partial charge on any atom is 0.145 e. The van der Waals surface area contributed by atoms with Gasteiger partial charge in [0.05, 0.1) is 6.33 Å². The van der Waals surface area contributed by atoms with Gasteiger partial charge in [0.15, 0.2) is 0 Å². The molecule has 0 radical (unpaired) electrons. The number of rotatable bonds is 2. The third-order valence-corrected chi connectivity index (χ3v) is 2.56. The van der Waals surface area contributed by atoms with E-state index in [4.69, 9.17) is 5.73 Å². The van der Waals surface area contributed by atoms with E-state index in [9.17, 15) is 4.79 Å². The first-order valence-corrected chi connectivity index (χ1v) is 4.03. The zero-order chi connectivity index (χ0) is 8.60. The van der Waals surface area contributed by atoms with Crippen LogP contribution in [0.5, 0.6) is 0 Å². The molecule has 1 fully saturated rings. The topological polar surface area (TPSA) is 60.9 Å². The summed E-state index contributed by atoms with van der Waals surface area (Å²) >= 11 is 0. The van der Waals surface area contributed by atoms with Crippen molar-refractivity contribution in [2.24, 2.45) is 0 Å². The van der Waals surface area contributed by atoms with Crippen LogP contribution >= 0.6 is 0 Å². The molecule has 1 aromatic heterocycles. The lowest BCUT2D eigenvalue weighted by Crippen LogP contribution is -2.41. The Kier molecular flexibility index (Phi) is 1.43. The van der Waals surface area contributed by atoms with Gasteiger partial charge in [-0.2, -0.15) is 0 Å². The Labute approximate surface area is 70.4 Å². The van der Waals surface area contributed by atoms with Crippen molar-refractivity contribution in [2.45, 2.75) is 24.8 Å². The lowest BCUT2D eigenvalue weighted by atomic mass is 9.78. The number of hydrogen-bond donors (Lipinski definition) is 1. The van der Waals surface area contributed by atoms with Crippen LogP contribution < -0.4 is 5.73 Å². The second-order valence-electron chi connectivity index (χ2n) is 3.28. The maximum atomic E-state index is 10.8. The zero-order valence-electron chi connectivity index (χ0n) is 6.73. The van der Waals surface area contributed by atoms with E-state index in [1.54, 1.807) is 12.5 Å². The number of nitrogen functional groups attached to an aromatic ring is 1. The van der Waals surface area contributed by atoms with Crippen molar-refractivity contribution in [1.82, 2.24) is 9.55 Å². The lowest BCUT2D eigenvalue weighted by molar-refractivity contribution is -0.119. The zero-order valence-corrected chi connectivity index (χ0v) is 6.73. The minimum atomic E-state index is -0.329. The first-order chi connectivity index (χ1) is 5.77. The van der Waals surface area contributed by atoms with Crippen molar-refractivity contribution in [3.63, 3.8) is 0 Å². The summed E-state index contributed by atoms with van der Waals surface area (Å²) < 4.78 is 1.82. The molecule has 1 aromatic rings. The van der Waals surface area contributed by atoms with Crippen LogP contribution in [0.2, 0.25) is 0 Å². The van der Waals surface area contributed by atoms with E-state index in [0.717, 1.165) is 25.5 Å².